The molecule has 1 aromatic heterocycles. The maximum atomic E-state index is 13.0. The SMILES string of the molecule is O=C([C@@H]1C[C@@H](O)CN1)N1CCC2(CC1)c1nc[nH]c1CCN2C(=O)C1CC1. The summed E-state index contributed by atoms with van der Waals surface area (Å²) >= 11 is 0. The Morgan fingerprint density at radius 3 is 2.63 bits per heavy atom. The monoisotopic (exact) mass is 373 g/mol. The molecule has 3 aliphatic heterocycles. The summed E-state index contributed by atoms with van der Waals surface area (Å²) in [6.07, 6.45) is 6.05. The molecule has 4 heterocycles. The number of aromatic amines is 1. The zero-order chi connectivity index (χ0) is 18.6. The van der Waals surface area contributed by atoms with Crippen molar-refractivity contribution in [2.24, 2.45) is 5.92 Å². The fourth-order valence-corrected chi connectivity index (χ4v) is 5.08. The van der Waals surface area contributed by atoms with Crippen LogP contribution in [0.25, 0.3) is 0 Å². The standard InChI is InChI=1S/C19H27N5O3/c25-13-9-15(20-10-13)18(27)23-7-4-19(5-8-23)16-14(21-11-22-16)3-6-24(19)17(26)12-1-2-12/h11-13,15,20,25H,1-10H2,(H,21,22)/t13-,15+/m1/s1. The van der Waals surface area contributed by atoms with Crippen molar-refractivity contribution in [2.75, 3.05) is 26.2 Å². The van der Waals surface area contributed by atoms with E-state index < -0.39 is 6.10 Å². The van der Waals surface area contributed by atoms with Gasteiger partial charge in [0.25, 0.3) is 0 Å². The smallest absolute Gasteiger partial charge is 0.239 e. The van der Waals surface area contributed by atoms with Crippen molar-refractivity contribution in [3.63, 3.8) is 0 Å². The number of rotatable bonds is 2. The van der Waals surface area contributed by atoms with Gasteiger partial charge in [0.05, 0.1) is 29.7 Å². The van der Waals surface area contributed by atoms with Crippen LogP contribution in [0.1, 0.15) is 43.5 Å². The predicted octanol–water partition coefficient (Wildman–Crippen LogP) is -0.255. The van der Waals surface area contributed by atoms with E-state index in [2.05, 4.69) is 20.2 Å². The van der Waals surface area contributed by atoms with Gasteiger partial charge >= 0.3 is 0 Å². The van der Waals surface area contributed by atoms with E-state index >= 15 is 0 Å². The van der Waals surface area contributed by atoms with Crippen molar-refractivity contribution in [3.8, 4) is 0 Å². The highest BCUT2D eigenvalue weighted by atomic mass is 16.3. The number of H-pyrrole nitrogens is 1. The molecule has 8 nitrogen and oxygen atoms in total. The van der Waals surface area contributed by atoms with E-state index in [9.17, 15) is 14.7 Å². The van der Waals surface area contributed by atoms with Crippen LogP contribution in [-0.2, 0) is 21.5 Å². The Morgan fingerprint density at radius 2 is 1.96 bits per heavy atom. The second kappa shape index (κ2) is 6.31. The van der Waals surface area contributed by atoms with E-state index in [1.807, 2.05) is 4.90 Å². The summed E-state index contributed by atoms with van der Waals surface area (Å²) in [5.74, 6) is 0.523. The highest BCUT2D eigenvalue weighted by Crippen LogP contribution is 2.45. The molecule has 3 N–H and O–H groups in total. The van der Waals surface area contributed by atoms with Gasteiger partial charge in [0.15, 0.2) is 0 Å². The average Bonchev–Trinajstić information content (AvgIpc) is 3.25. The molecule has 1 aromatic rings. The number of amides is 2. The number of aliphatic hydroxyl groups excluding tert-OH is 1. The molecule has 5 rings (SSSR count). The molecule has 2 saturated heterocycles. The summed E-state index contributed by atoms with van der Waals surface area (Å²) in [7, 11) is 0. The molecular formula is C19H27N5O3. The number of imidazole rings is 1. The van der Waals surface area contributed by atoms with Crippen molar-refractivity contribution >= 4 is 11.8 Å². The molecular weight excluding hydrogens is 346 g/mol. The van der Waals surface area contributed by atoms with Gasteiger partial charge < -0.3 is 25.2 Å². The maximum absolute atomic E-state index is 13.0. The molecule has 0 radical (unpaired) electrons. The number of piperidine rings is 1. The lowest BCUT2D eigenvalue weighted by molar-refractivity contribution is -0.146. The predicted molar refractivity (Wildman–Crippen MR) is 96.6 cm³/mol. The van der Waals surface area contributed by atoms with Gasteiger partial charge in [-0.15, -0.1) is 0 Å². The molecule has 0 bridgehead atoms. The topological polar surface area (TPSA) is 102 Å². The summed E-state index contributed by atoms with van der Waals surface area (Å²) in [6.45, 7) is 2.45. The number of carbonyl (C=O) groups excluding carboxylic acids is 2. The van der Waals surface area contributed by atoms with Gasteiger partial charge in [0.2, 0.25) is 11.8 Å². The van der Waals surface area contributed by atoms with Gasteiger partial charge in [0, 0.05) is 44.2 Å². The summed E-state index contributed by atoms with van der Waals surface area (Å²) in [4.78, 5) is 37.6. The number of hydrogen-bond acceptors (Lipinski definition) is 5. The second-order valence-corrected chi connectivity index (χ2v) is 8.45. The Morgan fingerprint density at radius 1 is 1.19 bits per heavy atom. The quantitative estimate of drug-likeness (QED) is 0.663. The van der Waals surface area contributed by atoms with E-state index in [1.165, 1.54) is 0 Å². The van der Waals surface area contributed by atoms with Crippen LogP contribution in [0.15, 0.2) is 6.33 Å². The molecule has 146 valence electrons. The number of carbonyl (C=O) groups is 2. The first-order valence-electron chi connectivity index (χ1n) is 10.1. The van der Waals surface area contributed by atoms with E-state index in [0.29, 0.717) is 26.1 Å². The highest BCUT2D eigenvalue weighted by molar-refractivity contribution is 5.83. The van der Waals surface area contributed by atoms with Crippen molar-refractivity contribution in [2.45, 2.75) is 56.2 Å². The number of likely N-dealkylation sites (tertiary alicyclic amines) is 1. The lowest BCUT2D eigenvalue weighted by atomic mass is 9.78. The number of nitrogens with one attached hydrogen (secondary N) is 2. The molecule has 27 heavy (non-hydrogen) atoms. The lowest BCUT2D eigenvalue weighted by Gasteiger charge is -2.50. The number of aliphatic hydroxyl groups is 1. The molecule has 3 fully saturated rings. The molecule has 0 aromatic carbocycles. The van der Waals surface area contributed by atoms with E-state index in [4.69, 9.17) is 0 Å². The Balaban J connectivity index is 1.37. The van der Waals surface area contributed by atoms with Crippen LogP contribution < -0.4 is 5.32 Å². The van der Waals surface area contributed by atoms with Crippen LogP contribution in [0.4, 0.5) is 0 Å². The third-order valence-corrected chi connectivity index (χ3v) is 6.76. The number of hydrogen-bond donors (Lipinski definition) is 3. The normalized spacial score (nSPS) is 29.8. The van der Waals surface area contributed by atoms with Gasteiger partial charge in [-0.25, -0.2) is 4.98 Å². The molecule has 2 atom stereocenters. The van der Waals surface area contributed by atoms with Crippen molar-refractivity contribution in [1.82, 2.24) is 25.1 Å². The first kappa shape index (κ1) is 17.2. The minimum Gasteiger partial charge on any atom is -0.392 e. The minimum atomic E-state index is -0.438. The largest absolute Gasteiger partial charge is 0.392 e. The lowest BCUT2D eigenvalue weighted by Crippen LogP contribution is -2.60. The summed E-state index contributed by atoms with van der Waals surface area (Å²) in [6, 6.07) is -0.287. The fourth-order valence-electron chi connectivity index (χ4n) is 5.08. The van der Waals surface area contributed by atoms with Gasteiger partial charge in [-0.3, -0.25) is 9.59 Å². The van der Waals surface area contributed by atoms with Crippen molar-refractivity contribution < 1.29 is 14.7 Å². The van der Waals surface area contributed by atoms with E-state index in [0.717, 1.165) is 50.0 Å². The molecule has 1 aliphatic carbocycles. The first-order chi connectivity index (χ1) is 13.1. The molecule has 2 amide bonds. The molecule has 1 spiro atoms. The Bertz CT molecular complexity index is 750. The van der Waals surface area contributed by atoms with Crippen molar-refractivity contribution in [3.05, 3.63) is 17.7 Å². The van der Waals surface area contributed by atoms with Crippen LogP contribution in [-0.4, -0.2) is 75.0 Å². The van der Waals surface area contributed by atoms with E-state index in [-0.39, 0.29) is 29.3 Å². The third-order valence-electron chi connectivity index (χ3n) is 6.76. The fraction of sp³-hybridized carbons (Fsp3) is 0.737. The van der Waals surface area contributed by atoms with Crippen LogP contribution in [0, 0.1) is 5.92 Å². The zero-order valence-corrected chi connectivity index (χ0v) is 15.5. The molecule has 0 unspecified atom stereocenters. The Labute approximate surface area is 158 Å². The number of nitrogens with zero attached hydrogens (tertiary/aromatic N) is 3. The molecule has 4 aliphatic rings. The highest BCUT2D eigenvalue weighted by Gasteiger charge is 2.51. The summed E-state index contributed by atoms with van der Waals surface area (Å²) in [5, 5.41) is 12.8. The first-order valence-corrected chi connectivity index (χ1v) is 10.1. The van der Waals surface area contributed by atoms with Gasteiger partial charge in [-0.05, 0) is 32.1 Å². The van der Waals surface area contributed by atoms with Crippen LogP contribution in [0.2, 0.25) is 0 Å². The van der Waals surface area contributed by atoms with Gasteiger partial charge in [0.1, 0.15) is 0 Å². The second-order valence-electron chi connectivity index (χ2n) is 8.45. The Hall–Kier alpha value is -1.93. The molecule has 8 heteroatoms. The van der Waals surface area contributed by atoms with Crippen LogP contribution in [0.3, 0.4) is 0 Å². The minimum absolute atomic E-state index is 0.0690. The summed E-state index contributed by atoms with van der Waals surface area (Å²) in [5.41, 5.74) is 1.76. The molecule has 1 saturated carbocycles. The van der Waals surface area contributed by atoms with Gasteiger partial charge in [-0.1, -0.05) is 0 Å². The van der Waals surface area contributed by atoms with E-state index in [1.54, 1.807) is 6.33 Å². The summed E-state index contributed by atoms with van der Waals surface area (Å²) < 4.78 is 0. The van der Waals surface area contributed by atoms with Crippen LogP contribution in [0.5, 0.6) is 0 Å². The number of fused-ring (bicyclic) bond motifs is 2. The third kappa shape index (κ3) is 2.77. The maximum Gasteiger partial charge on any atom is 0.239 e. The Kier molecular flexibility index (Phi) is 4.01. The number of aromatic nitrogens is 2. The zero-order valence-electron chi connectivity index (χ0n) is 15.5. The average molecular weight is 373 g/mol. The van der Waals surface area contributed by atoms with Crippen molar-refractivity contribution in [1.29, 1.82) is 0 Å². The van der Waals surface area contributed by atoms with Gasteiger partial charge in [-0.2, -0.15) is 0 Å². The number of β-amino-alcohol motifs (C(OH)–C–C–N with tert-alkyl or cyclic N) is 1. The van der Waals surface area contributed by atoms with Crippen LogP contribution >= 0.6 is 0 Å².